The molecule has 7 nitrogen and oxygen atoms in total. The number of primary amides is 1. The molecule has 7 heteroatoms. The Hall–Kier alpha value is -1.18. The molecule has 0 saturated carbocycles. The highest BCUT2D eigenvalue weighted by Gasteiger charge is 2.37. The Kier molecular flexibility index (Phi) is 3.93. The molecule has 2 heterocycles. The van der Waals surface area contributed by atoms with Gasteiger partial charge >= 0.3 is 0 Å². The van der Waals surface area contributed by atoms with Crippen molar-refractivity contribution < 1.29 is 19.2 Å². The number of amides is 2. The maximum absolute atomic E-state index is 11.7. The van der Waals surface area contributed by atoms with Crippen molar-refractivity contribution in [2.24, 2.45) is 11.7 Å². The summed E-state index contributed by atoms with van der Waals surface area (Å²) in [5, 5.41) is 1.24. The summed E-state index contributed by atoms with van der Waals surface area (Å²) in [6, 6.07) is 0. The molecule has 0 unspecified atom stereocenters. The van der Waals surface area contributed by atoms with E-state index in [1.807, 2.05) is 0 Å². The van der Waals surface area contributed by atoms with Gasteiger partial charge in [0.15, 0.2) is 0 Å². The summed E-state index contributed by atoms with van der Waals surface area (Å²) in [5.41, 5.74) is 5.10. The maximum Gasteiger partial charge on any atom is 0.261 e. The van der Waals surface area contributed by atoms with Crippen LogP contribution >= 0.6 is 0 Å². The standard InChI is InChI=1S/C10H17N3O4/c11-9(14)8-7-17-13(10(8)15)2-1-12-3-5-16-6-4-12/h8H,1-7H2,(H2,11,14)/t8-/m1/s1. The van der Waals surface area contributed by atoms with E-state index in [1.54, 1.807) is 0 Å². The lowest BCUT2D eigenvalue weighted by molar-refractivity contribution is -0.163. The molecule has 2 saturated heterocycles. The third-order valence-electron chi connectivity index (χ3n) is 3.01. The lowest BCUT2D eigenvalue weighted by Crippen LogP contribution is -2.42. The zero-order valence-corrected chi connectivity index (χ0v) is 9.63. The SMILES string of the molecule is NC(=O)[C@H]1CON(CCN2CCOCC2)C1=O. The van der Waals surface area contributed by atoms with Gasteiger partial charge in [0, 0.05) is 19.6 Å². The summed E-state index contributed by atoms with van der Waals surface area (Å²) >= 11 is 0. The molecule has 96 valence electrons. The van der Waals surface area contributed by atoms with Crippen LogP contribution in [0.15, 0.2) is 0 Å². The fourth-order valence-corrected chi connectivity index (χ4v) is 1.91. The number of nitrogens with two attached hydrogens (primary N) is 1. The highest BCUT2D eigenvalue weighted by atomic mass is 16.7. The second-order valence-electron chi connectivity index (χ2n) is 4.15. The number of nitrogens with zero attached hydrogens (tertiary/aromatic N) is 2. The smallest absolute Gasteiger partial charge is 0.261 e. The summed E-state index contributed by atoms with van der Waals surface area (Å²) in [4.78, 5) is 30.0. The average molecular weight is 243 g/mol. The molecule has 0 spiro atoms. The molecule has 2 aliphatic heterocycles. The van der Waals surface area contributed by atoms with Gasteiger partial charge in [-0.05, 0) is 0 Å². The van der Waals surface area contributed by atoms with Crippen LogP contribution in [0.3, 0.4) is 0 Å². The van der Waals surface area contributed by atoms with Crippen molar-refractivity contribution in [3.63, 3.8) is 0 Å². The minimum absolute atomic E-state index is 0.0667. The van der Waals surface area contributed by atoms with Crippen LogP contribution in [0.4, 0.5) is 0 Å². The van der Waals surface area contributed by atoms with Crippen molar-refractivity contribution in [3.05, 3.63) is 0 Å². The number of hydroxylamine groups is 2. The number of rotatable bonds is 4. The Morgan fingerprint density at radius 1 is 1.35 bits per heavy atom. The zero-order valence-electron chi connectivity index (χ0n) is 9.63. The Morgan fingerprint density at radius 3 is 2.65 bits per heavy atom. The molecule has 2 aliphatic rings. The zero-order chi connectivity index (χ0) is 12.3. The summed E-state index contributed by atoms with van der Waals surface area (Å²) in [5.74, 6) is -1.77. The number of carbonyl (C=O) groups is 2. The van der Waals surface area contributed by atoms with Crippen molar-refractivity contribution >= 4 is 11.8 Å². The first-order valence-corrected chi connectivity index (χ1v) is 5.72. The van der Waals surface area contributed by atoms with E-state index >= 15 is 0 Å². The highest BCUT2D eigenvalue weighted by molar-refractivity contribution is 6.00. The first-order chi connectivity index (χ1) is 8.18. The lowest BCUT2D eigenvalue weighted by atomic mass is 10.1. The number of ether oxygens (including phenoxy) is 1. The normalized spacial score (nSPS) is 26.5. The number of carbonyl (C=O) groups excluding carboxylic acids is 2. The van der Waals surface area contributed by atoms with E-state index in [2.05, 4.69) is 4.90 Å². The van der Waals surface area contributed by atoms with Gasteiger partial charge in [-0.25, -0.2) is 5.06 Å². The summed E-state index contributed by atoms with van der Waals surface area (Å²) in [7, 11) is 0. The predicted molar refractivity (Wildman–Crippen MR) is 57.6 cm³/mol. The predicted octanol–water partition coefficient (Wildman–Crippen LogP) is -1.81. The van der Waals surface area contributed by atoms with Crippen LogP contribution in [-0.4, -0.2) is 67.8 Å². The van der Waals surface area contributed by atoms with Gasteiger partial charge in [0.1, 0.15) is 5.92 Å². The van der Waals surface area contributed by atoms with Gasteiger partial charge in [0.2, 0.25) is 5.91 Å². The third kappa shape index (κ3) is 2.93. The van der Waals surface area contributed by atoms with Crippen LogP contribution in [0, 0.1) is 5.92 Å². The Balaban J connectivity index is 1.76. The lowest BCUT2D eigenvalue weighted by Gasteiger charge is -2.27. The fraction of sp³-hybridized carbons (Fsp3) is 0.800. The Morgan fingerprint density at radius 2 is 2.06 bits per heavy atom. The van der Waals surface area contributed by atoms with Crippen molar-refractivity contribution in [3.8, 4) is 0 Å². The largest absolute Gasteiger partial charge is 0.379 e. The quantitative estimate of drug-likeness (QED) is 0.588. The molecule has 0 aromatic carbocycles. The van der Waals surface area contributed by atoms with E-state index in [0.29, 0.717) is 6.54 Å². The topological polar surface area (TPSA) is 85.1 Å². The molecular weight excluding hydrogens is 226 g/mol. The summed E-state index contributed by atoms with van der Waals surface area (Å²) in [6.07, 6.45) is 0. The monoisotopic (exact) mass is 243 g/mol. The van der Waals surface area contributed by atoms with E-state index in [1.165, 1.54) is 5.06 Å². The number of hydrogen-bond donors (Lipinski definition) is 1. The second kappa shape index (κ2) is 5.44. The van der Waals surface area contributed by atoms with Crippen LogP contribution in [0.25, 0.3) is 0 Å². The van der Waals surface area contributed by atoms with E-state index in [9.17, 15) is 9.59 Å². The molecule has 1 atom stereocenters. The molecule has 2 amide bonds. The van der Waals surface area contributed by atoms with Gasteiger partial charge in [-0.3, -0.25) is 19.3 Å². The van der Waals surface area contributed by atoms with E-state index < -0.39 is 11.8 Å². The minimum Gasteiger partial charge on any atom is -0.379 e. The molecule has 0 aromatic rings. The molecule has 2 N–H and O–H groups in total. The minimum atomic E-state index is -0.820. The van der Waals surface area contributed by atoms with E-state index in [0.717, 1.165) is 32.8 Å². The van der Waals surface area contributed by atoms with Gasteiger partial charge < -0.3 is 10.5 Å². The van der Waals surface area contributed by atoms with Gasteiger partial charge in [0.25, 0.3) is 5.91 Å². The third-order valence-corrected chi connectivity index (χ3v) is 3.01. The molecule has 2 fully saturated rings. The van der Waals surface area contributed by atoms with Crippen molar-refractivity contribution in [1.29, 1.82) is 0 Å². The number of hydrogen-bond acceptors (Lipinski definition) is 5. The first-order valence-electron chi connectivity index (χ1n) is 5.72. The van der Waals surface area contributed by atoms with Crippen molar-refractivity contribution in [2.45, 2.75) is 0 Å². The molecule has 0 radical (unpaired) electrons. The summed E-state index contributed by atoms with van der Waals surface area (Å²) in [6.45, 7) is 4.42. The molecule has 0 aliphatic carbocycles. The average Bonchev–Trinajstić information content (AvgIpc) is 2.69. The molecule has 0 aromatic heterocycles. The Bertz CT molecular complexity index is 304. The van der Waals surface area contributed by atoms with Crippen LogP contribution in [-0.2, 0) is 19.2 Å². The van der Waals surface area contributed by atoms with Gasteiger partial charge in [-0.15, -0.1) is 0 Å². The first kappa shape index (κ1) is 12.3. The van der Waals surface area contributed by atoms with Gasteiger partial charge in [-0.2, -0.15) is 0 Å². The second-order valence-corrected chi connectivity index (χ2v) is 4.15. The van der Waals surface area contributed by atoms with Crippen molar-refractivity contribution in [1.82, 2.24) is 9.96 Å². The van der Waals surface area contributed by atoms with Crippen LogP contribution in [0.2, 0.25) is 0 Å². The van der Waals surface area contributed by atoms with E-state index in [-0.39, 0.29) is 12.5 Å². The van der Waals surface area contributed by atoms with Crippen molar-refractivity contribution in [2.75, 3.05) is 46.0 Å². The van der Waals surface area contributed by atoms with Crippen LogP contribution in [0.1, 0.15) is 0 Å². The molecule has 17 heavy (non-hydrogen) atoms. The number of morpholine rings is 1. The summed E-state index contributed by atoms with van der Waals surface area (Å²) < 4.78 is 5.23. The maximum atomic E-state index is 11.7. The van der Waals surface area contributed by atoms with Crippen LogP contribution < -0.4 is 5.73 Å². The molecule has 2 rings (SSSR count). The van der Waals surface area contributed by atoms with Gasteiger partial charge in [-0.1, -0.05) is 0 Å². The van der Waals surface area contributed by atoms with E-state index in [4.69, 9.17) is 15.3 Å². The highest BCUT2D eigenvalue weighted by Crippen LogP contribution is 2.13. The van der Waals surface area contributed by atoms with Crippen LogP contribution in [0.5, 0.6) is 0 Å². The van der Waals surface area contributed by atoms with Gasteiger partial charge in [0.05, 0.1) is 26.4 Å². The molecular formula is C10H17N3O4. The fourth-order valence-electron chi connectivity index (χ4n) is 1.91. The Labute approximate surface area is 99.4 Å². The molecule has 0 bridgehead atoms.